The van der Waals surface area contributed by atoms with Crippen molar-refractivity contribution in [3.63, 3.8) is 0 Å². The van der Waals surface area contributed by atoms with E-state index in [4.69, 9.17) is 16.6 Å². The summed E-state index contributed by atoms with van der Waals surface area (Å²) < 4.78 is 1.06. The van der Waals surface area contributed by atoms with E-state index in [0.717, 1.165) is 21.6 Å². The normalized spacial score (nSPS) is 17.2. The molecule has 1 N–H and O–H groups in total. The lowest BCUT2D eigenvalue weighted by Crippen LogP contribution is -2.35. The van der Waals surface area contributed by atoms with Gasteiger partial charge in [-0.25, -0.2) is 4.99 Å². The molecule has 0 saturated carbocycles. The van der Waals surface area contributed by atoms with Gasteiger partial charge in [-0.15, -0.1) is 0 Å². The first-order valence-electron chi connectivity index (χ1n) is 6.96. The van der Waals surface area contributed by atoms with Crippen LogP contribution in [0.15, 0.2) is 51.9 Å². The molecule has 1 atom stereocenters. The molecule has 0 radical (unpaired) electrons. The van der Waals surface area contributed by atoms with Crippen molar-refractivity contribution in [2.45, 2.75) is 19.9 Å². The zero-order chi connectivity index (χ0) is 15.0. The van der Waals surface area contributed by atoms with Gasteiger partial charge in [-0.3, -0.25) is 0 Å². The van der Waals surface area contributed by atoms with E-state index in [9.17, 15) is 0 Å². The monoisotopic (exact) mass is 362 g/mol. The first-order valence-corrected chi connectivity index (χ1v) is 8.13. The van der Waals surface area contributed by atoms with Crippen LogP contribution in [0, 0.1) is 5.92 Å². The molecule has 1 heterocycles. The first-order chi connectivity index (χ1) is 10.1. The Morgan fingerprint density at radius 2 is 1.86 bits per heavy atom. The lowest BCUT2D eigenvalue weighted by Gasteiger charge is -2.30. The van der Waals surface area contributed by atoms with Crippen molar-refractivity contribution in [2.75, 3.05) is 0 Å². The van der Waals surface area contributed by atoms with E-state index >= 15 is 0 Å². The molecule has 0 amide bonds. The fourth-order valence-electron chi connectivity index (χ4n) is 2.55. The van der Waals surface area contributed by atoms with Crippen LogP contribution in [0.2, 0.25) is 5.02 Å². The molecule has 1 aliphatic heterocycles. The Labute approximate surface area is 138 Å². The highest BCUT2D eigenvalue weighted by molar-refractivity contribution is 9.10. The number of aliphatic imine (C=N–C) groups is 1. The summed E-state index contributed by atoms with van der Waals surface area (Å²) in [6.07, 6.45) is 0. The van der Waals surface area contributed by atoms with E-state index in [-0.39, 0.29) is 6.04 Å². The van der Waals surface area contributed by atoms with Gasteiger partial charge in [0.25, 0.3) is 0 Å². The van der Waals surface area contributed by atoms with Crippen LogP contribution in [-0.2, 0) is 0 Å². The van der Waals surface area contributed by atoms with E-state index < -0.39 is 0 Å². The summed E-state index contributed by atoms with van der Waals surface area (Å²) in [5.74, 6) is 1.32. The second-order valence-electron chi connectivity index (χ2n) is 5.51. The van der Waals surface area contributed by atoms with Crippen molar-refractivity contribution in [1.82, 2.24) is 5.32 Å². The number of benzene rings is 2. The highest BCUT2D eigenvalue weighted by Gasteiger charge is 2.26. The Kier molecular flexibility index (Phi) is 4.05. The summed E-state index contributed by atoms with van der Waals surface area (Å²) in [6, 6.07) is 14.3. The molecule has 108 valence electrons. The summed E-state index contributed by atoms with van der Waals surface area (Å²) >= 11 is 9.81. The van der Waals surface area contributed by atoms with Crippen molar-refractivity contribution < 1.29 is 0 Å². The predicted molar refractivity (Wildman–Crippen MR) is 92.5 cm³/mol. The van der Waals surface area contributed by atoms with Gasteiger partial charge in [0.05, 0.1) is 16.8 Å². The predicted octanol–water partition coefficient (Wildman–Crippen LogP) is 5.48. The minimum atomic E-state index is 0.217. The van der Waals surface area contributed by atoms with E-state index in [1.165, 1.54) is 5.56 Å². The van der Waals surface area contributed by atoms with Crippen LogP contribution in [0.25, 0.3) is 0 Å². The molecule has 0 saturated heterocycles. The van der Waals surface area contributed by atoms with Gasteiger partial charge in [0.2, 0.25) is 0 Å². The Morgan fingerprint density at radius 3 is 2.52 bits per heavy atom. The molecule has 3 rings (SSSR count). The summed E-state index contributed by atoms with van der Waals surface area (Å²) in [4.78, 5) is 4.74. The maximum Gasteiger partial charge on any atom is 0.134 e. The fourth-order valence-corrected chi connectivity index (χ4v) is 3.04. The molecule has 0 fully saturated rings. The minimum absolute atomic E-state index is 0.217. The average molecular weight is 364 g/mol. The molecule has 0 aromatic heterocycles. The van der Waals surface area contributed by atoms with Crippen LogP contribution in [0.1, 0.15) is 31.0 Å². The van der Waals surface area contributed by atoms with Gasteiger partial charge in [-0.2, -0.15) is 0 Å². The maximum atomic E-state index is 6.35. The van der Waals surface area contributed by atoms with Gasteiger partial charge in [0.15, 0.2) is 0 Å². The second kappa shape index (κ2) is 5.82. The smallest absolute Gasteiger partial charge is 0.134 e. The third-order valence-electron chi connectivity index (χ3n) is 3.65. The Bertz CT molecular complexity index is 692. The standard InChI is InChI=1S/C17H16BrClN2/c1-10(2)15-13-4-3-5-14(19)16(13)21-17(20-15)11-6-8-12(18)9-7-11/h3-10,15H,1-2H3,(H,20,21). The highest BCUT2D eigenvalue weighted by atomic mass is 79.9. The Hall–Kier alpha value is -1.32. The number of nitrogens with one attached hydrogen (secondary N) is 1. The summed E-state index contributed by atoms with van der Waals surface area (Å²) in [7, 11) is 0. The van der Waals surface area contributed by atoms with Crippen LogP contribution < -0.4 is 5.32 Å². The number of fused-ring (bicyclic) bond motifs is 1. The van der Waals surface area contributed by atoms with Gasteiger partial charge < -0.3 is 5.32 Å². The fraction of sp³-hybridized carbons (Fsp3) is 0.235. The van der Waals surface area contributed by atoms with Gasteiger partial charge >= 0.3 is 0 Å². The summed E-state index contributed by atoms with van der Waals surface area (Å²) in [5, 5.41) is 4.25. The quantitative estimate of drug-likeness (QED) is 0.750. The molecule has 0 bridgehead atoms. The topological polar surface area (TPSA) is 24.4 Å². The molecule has 4 heteroatoms. The summed E-state index contributed by atoms with van der Waals surface area (Å²) in [5.41, 5.74) is 3.11. The van der Waals surface area contributed by atoms with Gasteiger partial charge in [0.1, 0.15) is 5.84 Å². The molecule has 0 aliphatic carbocycles. The van der Waals surface area contributed by atoms with E-state index in [0.29, 0.717) is 10.9 Å². The van der Waals surface area contributed by atoms with Crippen molar-refractivity contribution >= 4 is 39.1 Å². The largest absolute Gasteiger partial charge is 0.362 e. The van der Waals surface area contributed by atoms with Crippen molar-refractivity contribution in [3.05, 3.63) is 63.1 Å². The lowest BCUT2D eigenvalue weighted by molar-refractivity contribution is 0.468. The minimum Gasteiger partial charge on any atom is -0.362 e. The third kappa shape index (κ3) is 2.85. The molecule has 21 heavy (non-hydrogen) atoms. The number of nitrogens with zero attached hydrogens (tertiary/aromatic N) is 1. The highest BCUT2D eigenvalue weighted by Crippen LogP contribution is 2.39. The number of halogens is 2. The van der Waals surface area contributed by atoms with Crippen molar-refractivity contribution in [1.29, 1.82) is 0 Å². The average Bonchev–Trinajstić information content (AvgIpc) is 2.47. The van der Waals surface area contributed by atoms with Crippen LogP contribution in [0.5, 0.6) is 0 Å². The molecular weight excluding hydrogens is 348 g/mol. The van der Waals surface area contributed by atoms with E-state index in [1.807, 2.05) is 24.3 Å². The molecule has 2 aromatic rings. The third-order valence-corrected chi connectivity index (χ3v) is 4.49. The number of amidine groups is 1. The molecule has 2 aromatic carbocycles. The second-order valence-corrected chi connectivity index (χ2v) is 6.83. The van der Waals surface area contributed by atoms with Crippen molar-refractivity contribution in [2.24, 2.45) is 10.9 Å². The van der Waals surface area contributed by atoms with Crippen LogP contribution in [-0.4, -0.2) is 5.84 Å². The SMILES string of the molecule is CC(C)C1NC(c2ccc(Br)cc2)=Nc2c(Cl)cccc21. The van der Waals surface area contributed by atoms with Gasteiger partial charge in [0, 0.05) is 15.6 Å². The Balaban J connectivity index is 2.11. The molecule has 1 aliphatic rings. The van der Waals surface area contributed by atoms with Crippen LogP contribution >= 0.6 is 27.5 Å². The maximum absolute atomic E-state index is 6.35. The van der Waals surface area contributed by atoms with Gasteiger partial charge in [-0.05, 0) is 24.1 Å². The first kappa shape index (κ1) is 14.6. The van der Waals surface area contributed by atoms with E-state index in [1.54, 1.807) is 0 Å². The lowest BCUT2D eigenvalue weighted by atomic mass is 9.92. The molecule has 2 nitrogen and oxygen atoms in total. The molecule has 0 spiro atoms. The number of hydrogen-bond donors (Lipinski definition) is 1. The van der Waals surface area contributed by atoms with Gasteiger partial charge in [-0.1, -0.05) is 65.6 Å². The number of hydrogen-bond acceptors (Lipinski definition) is 2. The Morgan fingerprint density at radius 1 is 1.14 bits per heavy atom. The zero-order valence-electron chi connectivity index (χ0n) is 11.9. The number of rotatable bonds is 2. The molecular formula is C17H16BrClN2. The van der Waals surface area contributed by atoms with Crippen LogP contribution in [0.3, 0.4) is 0 Å². The zero-order valence-corrected chi connectivity index (χ0v) is 14.2. The van der Waals surface area contributed by atoms with Crippen LogP contribution in [0.4, 0.5) is 5.69 Å². The molecule has 1 unspecified atom stereocenters. The summed E-state index contributed by atoms with van der Waals surface area (Å²) in [6.45, 7) is 4.40. The van der Waals surface area contributed by atoms with Crippen molar-refractivity contribution in [3.8, 4) is 0 Å². The number of para-hydroxylation sites is 1. The van der Waals surface area contributed by atoms with E-state index in [2.05, 4.69) is 53.3 Å².